The van der Waals surface area contributed by atoms with Crippen LogP contribution in [0.25, 0.3) is 0 Å². The van der Waals surface area contributed by atoms with E-state index in [1.165, 1.54) is 0 Å². The minimum absolute atomic E-state index is 0.449. The summed E-state index contributed by atoms with van der Waals surface area (Å²) in [7, 11) is 0. The molecule has 0 fully saturated rings. The second-order valence-corrected chi connectivity index (χ2v) is 3.71. The van der Waals surface area contributed by atoms with Crippen LogP contribution < -0.4 is 16.6 Å². The van der Waals surface area contributed by atoms with Crippen LogP contribution in [0, 0.1) is 0 Å². The predicted octanol–water partition coefficient (Wildman–Crippen LogP) is 1.93. The van der Waals surface area contributed by atoms with Gasteiger partial charge in [-0.2, -0.15) is 0 Å². The van der Waals surface area contributed by atoms with Gasteiger partial charge in [-0.25, -0.2) is 15.8 Å². The number of hydrazine groups is 1. The van der Waals surface area contributed by atoms with Gasteiger partial charge in [-0.05, 0) is 12.8 Å². The summed E-state index contributed by atoms with van der Waals surface area (Å²) < 4.78 is 0. The zero-order valence-electron chi connectivity index (χ0n) is 10.2. The van der Waals surface area contributed by atoms with Crippen molar-refractivity contribution in [2.24, 2.45) is 5.84 Å². The molecule has 90 valence electrons. The first kappa shape index (κ1) is 12.7. The number of nitrogen functional groups attached to an aromatic ring is 1. The van der Waals surface area contributed by atoms with Crippen LogP contribution in [0.5, 0.6) is 0 Å². The Morgan fingerprint density at radius 1 is 1.19 bits per heavy atom. The Bertz CT molecular complexity index is 300. The van der Waals surface area contributed by atoms with Crippen LogP contribution >= 0.6 is 0 Å². The number of aromatic nitrogens is 2. The van der Waals surface area contributed by atoms with E-state index in [1.807, 2.05) is 13.0 Å². The first-order chi connectivity index (χ1) is 7.73. The van der Waals surface area contributed by atoms with Crippen LogP contribution in [0.2, 0.25) is 0 Å². The minimum Gasteiger partial charge on any atom is -0.367 e. The molecule has 0 aliphatic carbocycles. The molecular formula is C11H21N5. The maximum Gasteiger partial charge on any atom is 0.145 e. The van der Waals surface area contributed by atoms with Crippen molar-refractivity contribution in [3.05, 3.63) is 11.9 Å². The molecule has 0 saturated carbocycles. The molecule has 1 aromatic heterocycles. The lowest BCUT2D eigenvalue weighted by Crippen LogP contribution is -2.19. The molecule has 0 aliphatic rings. The fraction of sp³-hybridized carbons (Fsp3) is 0.636. The van der Waals surface area contributed by atoms with Gasteiger partial charge in [0, 0.05) is 18.5 Å². The number of aryl methyl sites for hydroxylation is 1. The first-order valence-corrected chi connectivity index (χ1v) is 5.84. The number of nitrogens with one attached hydrogen (secondary N) is 2. The second kappa shape index (κ2) is 6.27. The smallest absolute Gasteiger partial charge is 0.145 e. The molecule has 5 nitrogen and oxygen atoms in total. The zero-order valence-corrected chi connectivity index (χ0v) is 10.2. The van der Waals surface area contributed by atoms with Crippen molar-refractivity contribution < 1.29 is 0 Å². The van der Waals surface area contributed by atoms with Gasteiger partial charge in [0.1, 0.15) is 17.5 Å². The quantitative estimate of drug-likeness (QED) is 0.507. The van der Waals surface area contributed by atoms with Gasteiger partial charge in [-0.1, -0.05) is 20.8 Å². The van der Waals surface area contributed by atoms with Gasteiger partial charge in [-0.3, -0.25) is 0 Å². The lowest BCUT2D eigenvalue weighted by molar-refractivity contribution is 0.667. The van der Waals surface area contributed by atoms with Gasteiger partial charge in [0.2, 0.25) is 0 Å². The van der Waals surface area contributed by atoms with E-state index in [1.54, 1.807) is 0 Å². The molecule has 5 heteroatoms. The van der Waals surface area contributed by atoms with E-state index in [-0.39, 0.29) is 0 Å². The maximum absolute atomic E-state index is 5.37. The monoisotopic (exact) mass is 223 g/mol. The highest BCUT2D eigenvalue weighted by atomic mass is 15.3. The summed E-state index contributed by atoms with van der Waals surface area (Å²) in [5, 5.41) is 3.38. The Labute approximate surface area is 96.8 Å². The van der Waals surface area contributed by atoms with Crippen molar-refractivity contribution in [3.63, 3.8) is 0 Å². The summed E-state index contributed by atoms with van der Waals surface area (Å²) in [6.45, 7) is 6.34. The van der Waals surface area contributed by atoms with Crippen molar-refractivity contribution >= 4 is 11.6 Å². The van der Waals surface area contributed by atoms with Crippen molar-refractivity contribution in [2.75, 3.05) is 10.7 Å². The minimum atomic E-state index is 0.449. The molecule has 1 rings (SSSR count). The molecule has 1 heterocycles. The van der Waals surface area contributed by atoms with E-state index < -0.39 is 0 Å². The molecular weight excluding hydrogens is 202 g/mol. The topological polar surface area (TPSA) is 75.9 Å². The fourth-order valence-corrected chi connectivity index (χ4v) is 1.51. The van der Waals surface area contributed by atoms with Crippen LogP contribution in [-0.4, -0.2) is 16.0 Å². The molecule has 0 radical (unpaired) electrons. The van der Waals surface area contributed by atoms with Crippen molar-refractivity contribution in [1.82, 2.24) is 9.97 Å². The molecule has 0 amide bonds. The van der Waals surface area contributed by atoms with Gasteiger partial charge in [0.25, 0.3) is 0 Å². The lowest BCUT2D eigenvalue weighted by atomic mass is 10.2. The Balaban J connectivity index is 2.85. The fourth-order valence-electron chi connectivity index (χ4n) is 1.51. The van der Waals surface area contributed by atoms with Gasteiger partial charge in [0.05, 0.1) is 0 Å². The van der Waals surface area contributed by atoms with Gasteiger partial charge in [-0.15, -0.1) is 0 Å². The molecule has 0 spiro atoms. The highest BCUT2D eigenvalue weighted by molar-refractivity contribution is 5.47. The Hall–Kier alpha value is -1.36. The average Bonchev–Trinajstić information content (AvgIpc) is 2.35. The van der Waals surface area contributed by atoms with Crippen LogP contribution in [-0.2, 0) is 6.42 Å². The maximum atomic E-state index is 5.37. The summed E-state index contributed by atoms with van der Waals surface area (Å²) in [6, 6.07) is 2.28. The number of anilines is 2. The Kier molecular flexibility index (Phi) is 4.98. The number of hydrogen-bond donors (Lipinski definition) is 3. The van der Waals surface area contributed by atoms with Gasteiger partial charge < -0.3 is 10.7 Å². The third-order valence-corrected chi connectivity index (χ3v) is 2.57. The highest BCUT2D eigenvalue weighted by Gasteiger charge is 2.06. The van der Waals surface area contributed by atoms with E-state index in [4.69, 9.17) is 5.84 Å². The van der Waals surface area contributed by atoms with E-state index in [9.17, 15) is 0 Å². The van der Waals surface area contributed by atoms with Crippen LogP contribution in [0.3, 0.4) is 0 Å². The zero-order chi connectivity index (χ0) is 12.0. The summed E-state index contributed by atoms with van der Waals surface area (Å²) in [6.07, 6.45) is 2.95. The highest BCUT2D eigenvalue weighted by Crippen LogP contribution is 2.13. The molecule has 1 aromatic rings. The molecule has 0 aliphatic heterocycles. The SMILES string of the molecule is CCc1nc(NN)cc(NC(CC)CC)n1. The second-order valence-electron chi connectivity index (χ2n) is 3.71. The van der Waals surface area contributed by atoms with E-state index >= 15 is 0 Å². The molecule has 0 bridgehead atoms. The average molecular weight is 223 g/mol. The van der Waals surface area contributed by atoms with Crippen LogP contribution in [0.15, 0.2) is 6.07 Å². The summed E-state index contributed by atoms with van der Waals surface area (Å²) in [5.41, 5.74) is 2.56. The third kappa shape index (κ3) is 3.34. The first-order valence-electron chi connectivity index (χ1n) is 5.84. The summed E-state index contributed by atoms with van der Waals surface area (Å²) in [4.78, 5) is 8.66. The van der Waals surface area contributed by atoms with Gasteiger partial charge >= 0.3 is 0 Å². The van der Waals surface area contributed by atoms with E-state index in [0.717, 1.165) is 30.9 Å². The molecule has 0 saturated heterocycles. The van der Waals surface area contributed by atoms with Crippen molar-refractivity contribution in [3.8, 4) is 0 Å². The summed E-state index contributed by atoms with van der Waals surface area (Å²) >= 11 is 0. The van der Waals surface area contributed by atoms with Crippen molar-refractivity contribution in [1.29, 1.82) is 0 Å². The standard InChI is InChI=1S/C11H21N5/c1-4-8(5-2)13-10-7-11(16-12)15-9(6-3)14-10/h7-8H,4-6,12H2,1-3H3,(H2,13,14,15,16). The number of rotatable bonds is 6. The van der Waals surface area contributed by atoms with Crippen molar-refractivity contribution in [2.45, 2.75) is 46.1 Å². The molecule has 4 N–H and O–H groups in total. The Morgan fingerprint density at radius 3 is 2.31 bits per heavy atom. The molecule has 0 unspecified atom stereocenters. The lowest BCUT2D eigenvalue weighted by Gasteiger charge is -2.16. The van der Waals surface area contributed by atoms with Gasteiger partial charge in [0.15, 0.2) is 0 Å². The summed E-state index contributed by atoms with van der Waals surface area (Å²) in [5.74, 6) is 7.66. The number of nitrogens with zero attached hydrogens (tertiary/aromatic N) is 2. The molecule has 0 atom stereocenters. The number of nitrogens with two attached hydrogens (primary N) is 1. The third-order valence-electron chi connectivity index (χ3n) is 2.57. The normalized spacial score (nSPS) is 10.6. The van der Waals surface area contributed by atoms with Crippen LogP contribution in [0.4, 0.5) is 11.6 Å². The largest absolute Gasteiger partial charge is 0.367 e. The van der Waals surface area contributed by atoms with Crippen LogP contribution in [0.1, 0.15) is 39.4 Å². The molecule has 0 aromatic carbocycles. The predicted molar refractivity (Wildman–Crippen MR) is 67.2 cm³/mol. The van der Waals surface area contributed by atoms with E-state index in [0.29, 0.717) is 11.9 Å². The Morgan fingerprint density at radius 2 is 1.81 bits per heavy atom. The molecule has 16 heavy (non-hydrogen) atoms. The van der Waals surface area contributed by atoms with E-state index in [2.05, 4.69) is 34.6 Å². The number of hydrogen-bond acceptors (Lipinski definition) is 5.